The number of thioether (sulfide) groups is 1. The van der Waals surface area contributed by atoms with E-state index < -0.39 is 0 Å². The summed E-state index contributed by atoms with van der Waals surface area (Å²) in [4.78, 5) is 2.42. The molecule has 1 nitrogen and oxygen atoms in total. The third-order valence-electron chi connectivity index (χ3n) is 2.77. The highest BCUT2D eigenvalue weighted by molar-refractivity contribution is 9.14. The number of rotatable bonds is 1. The molecule has 0 N–H and O–H groups in total. The summed E-state index contributed by atoms with van der Waals surface area (Å²) < 4.78 is 1.31. The van der Waals surface area contributed by atoms with Gasteiger partial charge in [0.05, 0.1) is 5.37 Å². The number of hydrogen-bond donors (Lipinski definition) is 0. The van der Waals surface area contributed by atoms with E-state index in [1.54, 1.807) is 0 Å². The van der Waals surface area contributed by atoms with Gasteiger partial charge in [0, 0.05) is 22.5 Å². The lowest BCUT2D eigenvalue weighted by Gasteiger charge is -2.35. The van der Waals surface area contributed by atoms with Crippen molar-refractivity contribution in [1.29, 1.82) is 0 Å². The Kier molecular flexibility index (Phi) is 2.75. The lowest BCUT2D eigenvalue weighted by atomic mass is 9.99. The Hall–Kier alpha value is 0.110. The van der Waals surface area contributed by atoms with E-state index in [9.17, 15) is 0 Å². The minimum Gasteiger partial charge on any atom is -0.365 e. The number of hydrogen-bond acceptors (Lipinski definition) is 2. The van der Waals surface area contributed by atoms with Crippen LogP contribution in [0.15, 0.2) is 21.7 Å². The van der Waals surface area contributed by atoms with Crippen LogP contribution in [-0.4, -0.2) is 17.3 Å². The van der Waals surface area contributed by atoms with E-state index in [1.807, 2.05) is 11.8 Å². The number of nitrogens with zero attached hydrogens (tertiary/aromatic N) is 1. The standard InChI is InChI=1S/C10H14BrNS/c1-3-8-5-4-7-6-9(11)13-10(7)12(8)2/h5-7,10H,3-4H2,1-2H3. The van der Waals surface area contributed by atoms with E-state index in [0.717, 1.165) is 6.42 Å². The normalized spacial score (nSPS) is 32.7. The molecule has 0 fully saturated rings. The molecule has 2 atom stereocenters. The quantitative estimate of drug-likeness (QED) is 0.709. The summed E-state index contributed by atoms with van der Waals surface area (Å²) in [6.07, 6.45) is 7.08. The van der Waals surface area contributed by atoms with Gasteiger partial charge in [-0.1, -0.05) is 30.8 Å². The molecule has 13 heavy (non-hydrogen) atoms. The predicted octanol–water partition coefficient (Wildman–Crippen LogP) is 3.54. The summed E-state index contributed by atoms with van der Waals surface area (Å²) in [5.41, 5.74) is 1.49. The lowest BCUT2D eigenvalue weighted by molar-refractivity contribution is 0.307. The van der Waals surface area contributed by atoms with Crippen LogP contribution in [0.3, 0.4) is 0 Å². The van der Waals surface area contributed by atoms with Gasteiger partial charge < -0.3 is 4.90 Å². The fourth-order valence-electron chi connectivity index (χ4n) is 2.02. The minimum atomic E-state index is 0.634. The molecule has 2 unspecified atom stereocenters. The van der Waals surface area contributed by atoms with Crippen molar-refractivity contribution in [2.24, 2.45) is 5.92 Å². The van der Waals surface area contributed by atoms with Crippen molar-refractivity contribution in [3.63, 3.8) is 0 Å². The monoisotopic (exact) mass is 259 g/mol. The maximum absolute atomic E-state index is 3.57. The number of allylic oxidation sites excluding steroid dienone is 2. The Morgan fingerprint density at radius 2 is 2.46 bits per heavy atom. The summed E-state index contributed by atoms with van der Waals surface area (Å²) in [5, 5.41) is 0.634. The lowest BCUT2D eigenvalue weighted by Crippen LogP contribution is -2.34. The molecule has 0 saturated heterocycles. The van der Waals surface area contributed by atoms with Crippen molar-refractivity contribution in [2.75, 3.05) is 7.05 Å². The first-order valence-corrected chi connectivity index (χ1v) is 6.35. The van der Waals surface area contributed by atoms with Gasteiger partial charge in [-0.15, -0.1) is 0 Å². The van der Waals surface area contributed by atoms with Gasteiger partial charge in [0.15, 0.2) is 0 Å². The van der Waals surface area contributed by atoms with E-state index in [0.29, 0.717) is 11.3 Å². The second-order valence-electron chi connectivity index (χ2n) is 3.54. The van der Waals surface area contributed by atoms with Gasteiger partial charge in [-0.05, 0) is 28.8 Å². The Labute approximate surface area is 92.4 Å². The van der Waals surface area contributed by atoms with Crippen LogP contribution in [0.2, 0.25) is 0 Å². The Morgan fingerprint density at radius 3 is 3.15 bits per heavy atom. The number of fused-ring (bicyclic) bond motifs is 1. The molecular formula is C10H14BrNS. The maximum Gasteiger partial charge on any atom is 0.0861 e. The highest BCUT2D eigenvalue weighted by Crippen LogP contribution is 2.46. The summed E-state index contributed by atoms with van der Waals surface area (Å²) in [6.45, 7) is 2.23. The van der Waals surface area contributed by atoms with Crippen LogP contribution in [0.25, 0.3) is 0 Å². The third-order valence-corrected chi connectivity index (χ3v) is 4.86. The molecule has 0 aromatic rings. The van der Waals surface area contributed by atoms with Gasteiger partial charge in [-0.2, -0.15) is 0 Å². The largest absolute Gasteiger partial charge is 0.365 e. The van der Waals surface area contributed by atoms with Crippen LogP contribution >= 0.6 is 27.7 Å². The Bertz CT molecular complexity index is 272. The maximum atomic E-state index is 3.57. The molecule has 2 aliphatic heterocycles. The average Bonchev–Trinajstić information content (AvgIpc) is 2.47. The fraction of sp³-hybridized carbons (Fsp3) is 0.600. The average molecular weight is 260 g/mol. The Morgan fingerprint density at radius 1 is 1.69 bits per heavy atom. The molecule has 0 amide bonds. The topological polar surface area (TPSA) is 3.24 Å². The van der Waals surface area contributed by atoms with Crippen LogP contribution in [0.1, 0.15) is 19.8 Å². The van der Waals surface area contributed by atoms with Gasteiger partial charge in [0.25, 0.3) is 0 Å². The van der Waals surface area contributed by atoms with Gasteiger partial charge in [-0.25, -0.2) is 0 Å². The van der Waals surface area contributed by atoms with Crippen molar-refractivity contribution in [1.82, 2.24) is 4.90 Å². The Balaban J connectivity index is 2.17. The highest BCUT2D eigenvalue weighted by atomic mass is 79.9. The van der Waals surface area contributed by atoms with Crippen molar-refractivity contribution >= 4 is 27.7 Å². The van der Waals surface area contributed by atoms with E-state index in [2.05, 4.69) is 47.0 Å². The summed E-state index contributed by atoms with van der Waals surface area (Å²) >= 11 is 5.51. The first-order chi connectivity index (χ1) is 6.22. The molecule has 0 aromatic carbocycles. The van der Waals surface area contributed by atoms with Crippen LogP contribution < -0.4 is 0 Å². The zero-order chi connectivity index (χ0) is 9.42. The van der Waals surface area contributed by atoms with E-state index in [4.69, 9.17) is 0 Å². The van der Waals surface area contributed by atoms with Crippen molar-refractivity contribution in [2.45, 2.75) is 25.1 Å². The van der Waals surface area contributed by atoms with Crippen LogP contribution in [0, 0.1) is 5.92 Å². The predicted molar refractivity (Wildman–Crippen MR) is 62.6 cm³/mol. The van der Waals surface area contributed by atoms with Crippen LogP contribution in [0.5, 0.6) is 0 Å². The van der Waals surface area contributed by atoms with Crippen molar-refractivity contribution < 1.29 is 0 Å². The fourth-order valence-corrected chi connectivity index (χ4v) is 4.07. The van der Waals surface area contributed by atoms with Crippen LogP contribution in [-0.2, 0) is 0 Å². The van der Waals surface area contributed by atoms with Crippen LogP contribution in [0.4, 0.5) is 0 Å². The first-order valence-electron chi connectivity index (χ1n) is 4.68. The molecule has 0 bridgehead atoms. The zero-order valence-electron chi connectivity index (χ0n) is 7.96. The molecule has 0 spiro atoms. The first kappa shape index (κ1) is 9.66. The number of halogens is 1. The van der Waals surface area contributed by atoms with Gasteiger partial charge in [-0.3, -0.25) is 0 Å². The molecule has 0 radical (unpaired) electrons. The SMILES string of the molecule is CCC1=CCC2C=C(Br)SC2N1C. The molecule has 72 valence electrons. The summed E-state index contributed by atoms with van der Waals surface area (Å²) in [5.74, 6) is 0.708. The molecular weight excluding hydrogens is 246 g/mol. The van der Waals surface area contributed by atoms with Crippen molar-refractivity contribution in [3.8, 4) is 0 Å². The van der Waals surface area contributed by atoms with E-state index in [-0.39, 0.29) is 0 Å². The third kappa shape index (κ3) is 1.68. The molecule has 2 heterocycles. The van der Waals surface area contributed by atoms with E-state index >= 15 is 0 Å². The zero-order valence-corrected chi connectivity index (χ0v) is 10.4. The van der Waals surface area contributed by atoms with Gasteiger partial charge in [0.1, 0.15) is 0 Å². The molecule has 2 aliphatic rings. The molecule has 0 aliphatic carbocycles. The molecule has 0 saturated carbocycles. The second kappa shape index (κ2) is 3.70. The molecule has 3 heteroatoms. The minimum absolute atomic E-state index is 0.634. The highest BCUT2D eigenvalue weighted by Gasteiger charge is 2.33. The smallest absolute Gasteiger partial charge is 0.0861 e. The van der Waals surface area contributed by atoms with Gasteiger partial charge in [0.2, 0.25) is 0 Å². The van der Waals surface area contributed by atoms with E-state index in [1.165, 1.54) is 15.9 Å². The second-order valence-corrected chi connectivity index (χ2v) is 6.08. The molecule has 2 rings (SSSR count). The summed E-state index contributed by atoms with van der Waals surface area (Å²) in [6, 6.07) is 0. The van der Waals surface area contributed by atoms with Crippen molar-refractivity contribution in [3.05, 3.63) is 21.7 Å². The summed E-state index contributed by atoms with van der Waals surface area (Å²) in [7, 11) is 2.21. The van der Waals surface area contributed by atoms with Gasteiger partial charge >= 0.3 is 0 Å². The molecule has 0 aromatic heterocycles.